The first-order valence-corrected chi connectivity index (χ1v) is 6.47. The van der Waals surface area contributed by atoms with Crippen LogP contribution >= 0.6 is 0 Å². The Morgan fingerprint density at radius 2 is 2.24 bits per heavy atom. The van der Waals surface area contributed by atoms with Gasteiger partial charge in [0.05, 0.1) is 28.9 Å². The van der Waals surface area contributed by atoms with E-state index in [0.29, 0.717) is 30.4 Å². The topological polar surface area (TPSA) is 94.5 Å². The summed E-state index contributed by atoms with van der Waals surface area (Å²) in [5.41, 5.74) is 8.32. The first-order valence-electron chi connectivity index (χ1n) is 6.47. The van der Waals surface area contributed by atoms with Gasteiger partial charge in [0.2, 0.25) is 0 Å². The number of nitrogens with two attached hydrogens (primary N) is 1. The second-order valence-electron chi connectivity index (χ2n) is 4.83. The molecule has 0 bridgehead atoms. The van der Waals surface area contributed by atoms with Crippen LogP contribution in [0.5, 0.6) is 5.75 Å². The maximum Gasteiger partial charge on any atom is 0.273 e. The average molecular weight is 286 g/mol. The molecule has 2 aromatic rings. The Kier molecular flexibility index (Phi) is 3.09. The summed E-state index contributed by atoms with van der Waals surface area (Å²) in [5.74, 6) is 1.11. The lowest BCUT2D eigenvalue weighted by molar-refractivity contribution is -0.384. The second-order valence-corrected chi connectivity index (χ2v) is 4.83. The molecular weight excluding hydrogens is 272 g/mol. The van der Waals surface area contributed by atoms with E-state index in [2.05, 4.69) is 4.98 Å². The van der Waals surface area contributed by atoms with Gasteiger partial charge in [0, 0.05) is 12.3 Å². The molecule has 0 unspecified atom stereocenters. The van der Waals surface area contributed by atoms with Gasteiger partial charge in [0.1, 0.15) is 12.4 Å². The van der Waals surface area contributed by atoms with E-state index >= 15 is 0 Å². The number of benzene rings is 1. The molecule has 7 nitrogen and oxygen atoms in total. The summed E-state index contributed by atoms with van der Waals surface area (Å²) in [6.07, 6.45) is 1.74. The molecule has 3 rings (SSSR count). The first-order chi connectivity index (χ1) is 10.1. The van der Waals surface area contributed by atoms with Crippen LogP contribution in [0.1, 0.15) is 5.56 Å². The summed E-state index contributed by atoms with van der Waals surface area (Å²) in [6, 6.07) is 6.38. The predicted octanol–water partition coefficient (Wildman–Crippen LogP) is 2.41. The zero-order chi connectivity index (χ0) is 15.0. The fraction of sp³-hybridized carbons (Fsp3) is 0.214. The maximum absolute atomic E-state index is 10.8. The number of aryl methyl sites for hydroxylation is 1. The number of non-ortho nitro benzene ring substituents is 1. The zero-order valence-electron chi connectivity index (χ0n) is 11.4. The van der Waals surface area contributed by atoms with E-state index in [0.717, 1.165) is 11.3 Å². The third-order valence-electron chi connectivity index (χ3n) is 3.30. The molecule has 7 heteroatoms. The molecule has 1 aromatic heterocycles. The third-order valence-corrected chi connectivity index (χ3v) is 3.30. The van der Waals surface area contributed by atoms with E-state index in [1.54, 1.807) is 12.3 Å². The minimum atomic E-state index is -0.443. The Bertz CT molecular complexity index is 717. The van der Waals surface area contributed by atoms with Crippen LogP contribution < -0.4 is 15.4 Å². The molecular formula is C14H14N4O3. The van der Waals surface area contributed by atoms with Crippen molar-refractivity contribution in [1.82, 2.24) is 4.98 Å². The SMILES string of the molecule is Cc1cnc(N2CCOc3cc([N+](=O)[O-])ccc32)c(N)c1. The molecule has 0 atom stereocenters. The number of fused-ring (bicyclic) bond motifs is 1. The van der Waals surface area contributed by atoms with Crippen LogP contribution in [0.3, 0.4) is 0 Å². The fourth-order valence-corrected chi connectivity index (χ4v) is 2.35. The lowest BCUT2D eigenvalue weighted by Crippen LogP contribution is -2.29. The molecule has 0 spiro atoms. The van der Waals surface area contributed by atoms with E-state index < -0.39 is 4.92 Å². The number of pyridine rings is 1. The van der Waals surface area contributed by atoms with Gasteiger partial charge in [-0.25, -0.2) is 4.98 Å². The largest absolute Gasteiger partial charge is 0.489 e. The number of rotatable bonds is 2. The van der Waals surface area contributed by atoms with Gasteiger partial charge in [-0.15, -0.1) is 0 Å². The van der Waals surface area contributed by atoms with Gasteiger partial charge in [-0.2, -0.15) is 0 Å². The van der Waals surface area contributed by atoms with Crippen LogP contribution in [-0.4, -0.2) is 23.1 Å². The Morgan fingerprint density at radius 1 is 1.43 bits per heavy atom. The van der Waals surface area contributed by atoms with Crippen LogP contribution in [0, 0.1) is 17.0 Å². The van der Waals surface area contributed by atoms with Gasteiger partial charge >= 0.3 is 0 Å². The highest BCUT2D eigenvalue weighted by Crippen LogP contribution is 2.39. The van der Waals surface area contributed by atoms with E-state index in [9.17, 15) is 10.1 Å². The highest BCUT2D eigenvalue weighted by molar-refractivity contribution is 5.76. The van der Waals surface area contributed by atoms with Gasteiger partial charge in [0.15, 0.2) is 5.82 Å². The minimum Gasteiger partial charge on any atom is -0.489 e. The van der Waals surface area contributed by atoms with Gasteiger partial charge in [-0.05, 0) is 24.6 Å². The lowest BCUT2D eigenvalue weighted by Gasteiger charge is -2.30. The third kappa shape index (κ3) is 2.33. The maximum atomic E-state index is 10.8. The summed E-state index contributed by atoms with van der Waals surface area (Å²) in [6.45, 7) is 2.93. The van der Waals surface area contributed by atoms with Crippen LogP contribution in [0.25, 0.3) is 0 Å². The Balaban J connectivity index is 2.06. The van der Waals surface area contributed by atoms with Crippen molar-refractivity contribution >= 4 is 22.9 Å². The number of nitrogen functional groups attached to an aromatic ring is 1. The Hall–Kier alpha value is -2.83. The molecule has 0 saturated heterocycles. The number of hydrogen-bond donors (Lipinski definition) is 1. The number of anilines is 3. The predicted molar refractivity (Wildman–Crippen MR) is 79.0 cm³/mol. The van der Waals surface area contributed by atoms with Crippen molar-refractivity contribution in [2.75, 3.05) is 23.8 Å². The van der Waals surface area contributed by atoms with Gasteiger partial charge in [0.25, 0.3) is 5.69 Å². The molecule has 0 aliphatic carbocycles. The molecule has 0 fully saturated rings. The van der Waals surface area contributed by atoms with Crippen LogP contribution in [0.2, 0.25) is 0 Å². The van der Waals surface area contributed by atoms with E-state index in [-0.39, 0.29) is 5.69 Å². The summed E-state index contributed by atoms with van der Waals surface area (Å²) in [4.78, 5) is 16.7. The second kappa shape index (κ2) is 4.93. The smallest absolute Gasteiger partial charge is 0.273 e. The lowest BCUT2D eigenvalue weighted by atomic mass is 10.2. The molecule has 2 heterocycles. The van der Waals surface area contributed by atoms with Crippen molar-refractivity contribution in [3.8, 4) is 5.75 Å². The molecule has 1 aliphatic heterocycles. The number of hydrogen-bond acceptors (Lipinski definition) is 6. The number of ether oxygens (including phenoxy) is 1. The summed E-state index contributed by atoms with van der Waals surface area (Å²) >= 11 is 0. The highest BCUT2D eigenvalue weighted by Gasteiger charge is 2.24. The van der Waals surface area contributed by atoms with Crippen molar-refractivity contribution in [3.05, 3.63) is 46.1 Å². The molecule has 1 aromatic carbocycles. The summed E-state index contributed by atoms with van der Waals surface area (Å²) < 4.78 is 5.51. The normalized spacial score (nSPS) is 13.5. The van der Waals surface area contributed by atoms with Crippen LogP contribution in [-0.2, 0) is 0 Å². The monoisotopic (exact) mass is 286 g/mol. The number of nitrogens with zero attached hydrogens (tertiary/aromatic N) is 3. The molecule has 0 saturated carbocycles. The van der Waals surface area contributed by atoms with Gasteiger partial charge < -0.3 is 15.4 Å². The number of aromatic nitrogens is 1. The summed E-state index contributed by atoms with van der Waals surface area (Å²) in [5, 5.41) is 10.8. The Morgan fingerprint density at radius 3 is 2.95 bits per heavy atom. The Labute approximate surface area is 121 Å². The standard InChI is InChI=1S/C14H14N4O3/c1-9-6-11(15)14(16-8-9)17-4-5-21-13-7-10(18(19)20)2-3-12(13)17/h2-3,6-8H,4-5,15H2,1H3. The highest BCUT2D eigenvalue weighted by atomic mass is 16.6. The van der Waals surface area contributed by atoms with E-state index in [1.807, 2.05) is 17.9 Å². The van der Waals surface area contributed by atoms with Crippen molar-refractivity contribution in [1.29, 1.82) is 0 Å². The van der Waals surface area contributed by atoms with Crippen LogP contribution in [0.4, 0.5) is 22.9 Å². The van der Waals surface area contributed by atoms with Gasteiger partial charge in [-0.1, -0.05) is 0 Å². The van der Waals surface area contributed by atoms with Crippen molar-refractivity contribution in [2.45, 2.75) is 6.92 Å². The number of nitro groups is 1. The average Bonchev–Trinajstić information content (AvgIpc) is 2.46. The van der Waals surface area contributed by atoms with Crippen LogP contribution in [0.15, 0.2) is 30.5 Å². The summed E-state index contributed by atoms with van der Waals surface area (Å²) in [7, 11) is 0. The molecule has 2 N–H and O–H groups in total. The van der Waals surface area contributed by atoms with Gasteiger partial charge in [-0.3, -0.25) is 10.1 Å². The molecule has 21 heavy (non-hydrogen) atoms. The minimum absolute atomic E-state index is 0.000405. The molecule has 108 valence electrons. The fourth-order valence-electron chi connectivity index (χ4n) is 2.35. The first kappa shape index (κ1) is 13.2. The quantitative estimate of drug-likeness (QED) is 0.673. The van der Waals surface area contributed by atoms with E-state index in [1.165, 1.54) is 12.1 Å². The van der Waals surface area contributed by atoms with Crippen molar-refractivity contribution in [2.24, 2.45) is 0 Å². The molecule has 0 amide bonds. The zero-order valence-corrected chi connectivity index (χ0v) is 11.4. The van der Waals surface area contributed by atoms with E-state index in [4.69, 9.17) is 10.5 Å². The van der Waals surface area contributed by atoms with Crippen molar-refractivity contribution in [3.63, 3.8) is 0 Å². The van der Waals surface area contributed by atoms with Crippen molar-refractivity contribution < 1.29 is 9.66 Å². The molecule has 0 radical (unpaired) electrons. The molecule has 1 aliphatic rings. The number of nitro benzene ring substituents is 1.